The number of carbonyl (C=O) groups is 1. The summed E-state index contributed by atoms with van der Waals surface area (Å²) in [4.78, 5) is 12.0. The highest BCUT2D eigenvalue weighted by Gasteiger charge is 2.34. The zero-order valence-corrected chi connectivity index (χ0v) is 18.6. The van der Waals surface area contributed by atoms with E-state index in [9.17, 15) is 30.8 Å². The van der Waals surface area contributed by atoms with E-state index < -0.39 is 46.1 Å². The number of anilines is 1. The standard InChI is InChI=1S/C23H20F4N2O4S/c1-15(16-5-3-2-4-6-16)29-34(31,32)19-10-8-18(9-11-19)33-14-22(30)28-17-7-12-21(24)20(13-17)23(25,26)27/h2-13,15,29H,14H2,1H3,(H,28,30)/t15-/m0/s1. The fraction of sp³-hybridized carbons (Fsp3) is 0.174. The molecule has 0 unspecified atom stereocenters. The second-order valence-electron chi connectivity index (χ2n) is 7.25. The summed E-state index contributed by atoms with van der Waals surface area (Å²) in [6.07, 6.45) is -4.91. The first-order valence-corrected chi connectivity index (χ1v) is 11.4. The van der Waals surface area contributed by atoms with Gasteiger partial charge in [-0.25, -0.2) is 17.5 Å². The van der Waals surface area contributed by atoms with E-state index in [0.717, 1.165) is 11.6 Å². The van der Waals surface area contributed by atoms with Crippen LogP contribution in [0.4, 0.5) is 23.2 Å². The van der Waals surface area contributed by atoms with Gasteiger partial charge in [-0.2, -0.15) is 13.2 Å². The molecule has 3 aromatic rings. The summed E-state index contributed by atoms with van der Waals surface area (Å²) in [6, 6.07) is 15.9. The molecule has 0 bridgehead atoms. The Kier molecular flexibility index (Phi) is 7.57. The molecule has 1 amide bonds. The van der Waals surface area contributed by atoms with Crippen molar-refractivity contribution in [2.75, 3.05) is 11.9 Å². The summed E-state index contributed by atoms with van der Waals surface area (Å²) < 4.78 is 84.7. The van der Waals surface area contributed by atoms with Crippen molar-refractivity contribution in [3.63, 3.8) is 0 Å². The van der Waals surface area contributed by atoms with Crippen LogP contribution < -0.4 is 14.8 Å². The fourth-order valence-electron chi connectivity index (χ4n) is 2.99. The van der Waals surface area contributed by atoms with Crippen molar-refractivity contribution >= 4 is 21.6 Å². The second kappa shape index (κ2) is 10.2. The molecular formula is C23H20F4N2O4S. The van der Waals surface area contributed by atoms with E-state index >= 15 is 0 Å². The Morgan fingerprint density at radius 3 is 2.26 bits per heavy atom. The first kappa shape index (κ1) is 25.2. The van der Waals surface area contributed by atoms with Gasteiger partial charge < -0.3 is 10.1 Å². The van der Waals surface area contributed by atoms with Crippen LogP contribution in [-0.2, 0) is 21.0 Å². The number of rotatable bonds is 8. The minimum absolute atomic E-state index is 0.0157. The van der Waals surface area contributed by atoms with Crippen molar-refractivity contribution in [3.05, 3.63) is 89.7 Å². The van der Waals surface area contributed by atoms with Gasteiger partial charge in [-0.15, -0.1) is 0 Å². The number of ether oxygens (including phenoxy) is 1. The Morgan fingerprint density at radius 2 is 1.65 bits per heavy atom. The minimum atomic E-state index is -4.91. The Hall–Kier alpha value is -3.44. The molecule has 11 heteroatoms. The summed E-state index contributed by atoms with van der Waals surface area (Å²) in [5.41, 5.74) is -0.957. The highest BCUT2D eigenvalue weighted by molar-refractivity contribution is 7.89. The number of sulfonamides is 1. The van der Waals surface area contributed by atoms with Crippen LogP contribution in [0.1, 0.15) is 24.1 Å². The Morgan fingerprint density at radius 1 is 1.00 bits per heavy atom. The molecule has 0 aromatic heterocycles. The van der Waals surface area contributed by atoms with Gasteiger partial charge in [-0.1, -0.05) is 30.3 Å². The molecule has 0 aliphatic carbocycles. The van der Waals surface area contributed by atoms with Crippen LogP contribution in [-0.4, -0.2) is 20.9 Å². The monoisotopic (exact) mass is 496 g/mol. The van der Waals surface area contributed by atoms with Crippen LogP contribution in [0.3, 0.4) is 0 Å². The van der Waals surface area contributed by atoms with E-state index in [4.69, 9.17) is 4.74 Å². The SMILES string of the molecule is C[C@H](NS(=O)(=O)c1ccc(OCC(=O)Nc2ccc(F)c(C(F)(F)F)c2)cc1)c1ccccc1. The van der Waals surface area contributed by atoms with Gasteiger partial charge in [0.25, 0.3) is 5.91 Å². The number of halogens is 4. The molecule has 1 atom stereocenters. The van der Waals surface area contributed by atoms with Crippen LogP contribution in [0.5, 0.6) is 5.75 Å². The molecule has 34 heavy (non-hydrogen) atoms. The summed E-state index contributed by atoms with van der Waals surface area (Å²) in [5.74, 6) is -2.07. The lowest BCUT2D eigenvalue weighted by molar-refractivity contribution is -0.140. The molecule has 0 aliphatic heterocycles. The van der Waals surface area contributed by atoms with E-state index in [1.807, 2.05) is 6.07 Å². The number of hydrogen-bond acceptors (Lipinski definition) is 4. The molecule has 3 rings (SSSR count). The molecule has 0 saturated heterocycles. The molecular weight excluding hydrogens is 476 g/mol. The summed E-state index contributed by atoms with van der Waals surface area (Å²) in [6.45, 7) is 1.15. The molecule has 0 radical (unpaired) electrons. The van der Waals surface area contributed by atoms with E-state index in [1.165, 1.54) is 24.3 Å². The van der Waals surface area contributed by atoms with Gasteiger partial charge in [0, 0.05) is 11.7 Å². The molecule has 3 aromatic carbocycles. The van der Waals surface area contributed by atoms with Crippen molar-refractivity contribution in [2.24, 2.45) is 0 Å². The third-order valence-corrected chi connectivity index (χ3v) is 6.25. The van der Waals surface area contributed by atoms with Crippen molar-refractivity contribution < 1.29 is 35.5 Å². The maximum absolute atomic E-state index is 13.3. The van der Waals surface area contributed by atoms with Crippen molar-refractivity contribution in [3.8, 4) is 5.75 Å². The molecule has 0 fully saturated rings. The van der Waals surface area contributed by atoms with Crippen molar-refractivity contribution in [1.29, 1.82) is 0 Å². The molecule has 6 nitrogen and oxygen atoms in total. The number of nitrogens with one attached hydrogen (secondary N) is 2. The first-order valence-electron chi connectivity index (χ1n) is 9.92. The Balaban J connectivity index is 1.58. The molecule has 0 spiro atoms. The third kappa shape index (κ3) is 6.55. The van der Waals surface area contributed by atoms with Crippen LogP contribution in [0, 0.1) is 5.82 Å². The minimum Gasteiger partial charge on any atom is -0.484 e. The average Bonchev–Trinajstić information content (AvgIpc) is 2.79. The van der Waals surface area contributed by atoms with Gasteiger partial charge in [0.15, 0.2) is 6.61 Å². The number of alkyl halides is 3. The zero-order chi connectivity index (χ0) is 24.9. The molecule has 0 heterocycles. The molecule has 0 saturated carbocycles. The largest absolute Gasteiger partial charge is 0.484 e. The van der Waals surface area contributed by atoms with Crippen molar-refractivity contribution in [2.45, 2.75) is 24.0 Å². The highest BCUT2D eigenvalue weighted by Crippen LogP contribution is 2.33. The van der Waals surface area contributed by atoms with Crippen molar-refractivity contribution in [1.82, 2.24) is 4.72 Å². The lowest BCUT2D eigenvalue weighted by atomic mass is 10.1. The molecule has 2 N–H and O–H groups in total. The van der Waals surface area contributed by atoms with E-state index in [0.29, 0.717) is 12.1 Å². The number of carbonyl (C=O) groups excluding carboxylic acids is 1. The first-order chi connectivity index (χ1) is 16.0. The normalized spacial score (nSPS) is 12.7. The van der Waals surface area contributed by atoms with Gasteiger partial charge >= 0.3 is 6.18 Å². The maximum atomic E-state index is 13.3. The Labute approximate surface area is 193 Å². The second-order valence-corrected chi connectivity index (χ2v) is 8.97. The Bertz CT molecular complexity index is 1250. The van der Waals surface area contributed by atoms with Crippen LogP contribution in [0.25, 0.3) is 0 Å². The molecule has 180 valence electrons. The quantitative estimate of drug-likeness (QED) is 0.435. The van der Waals surface area contributed by atoms with E-state index in [2.05, 4.69) is 10.0 Å². The van der Waals surface area contributed by atoms with Gasteiger partial charge in [0.05, 0.1) is 10.5 Å². The topological polar surface area (TPSA) is 84.5 Å². The van der Waals surface area contributed by atoms with Crippen LogP contribution >= 0.6 is 0 Å². The van der Waals surface area contributed by atoms with Gasteiger partial charge in [0.1, 0.15) is 11.6 Å². The lowest BCUT2D eigenvalue weighted by Crippen LogP contribution is -2.26. The summed E-state index contributed by atoms with van der Waals surface area (Å²) >= 11 is 0. The van der Waals surface area contributed by atoms with E-state index in [-0.39, 0.29) is 16.3 Å². The maximum Gasteiger partial charge on any atom is 0.419 e. The van der Waals surface area contributed by atoms with Gasteiger partial charge in [-0.3, -0.25) is 4.79 Å². The number of hydrogen-bond donors (Lipinski definition) is 2. The molecule has 0 aliphatic rings. The summed E-state index contributed by atoms with van der Waals surface area (Å²) in [5, 5.41) is 2.19. The zero-order valence-electron chi connectivity index (χ0n) is 17.8. The van der Waals surface area contributed by atoms with E-state index in [1.54, 1.807) is 31.2 Å². The fourth-order valence-corrected chi connectivity index (χ4v) is 4.22. The summed E-state index contributed by atoms with van der Waals surface area (Å²) in [7, 11) is -3.82. The van der Waals surface area contributed by atoms with Crippen LogP contribution in [0.15, 0.2) is 77.7 Å². The third-order valence-electron chi connectivity index (χ3n) is 4.69. The predicted molar refractivity (Wildman–Crippen MR) is 117 cm³/mol. The highest BCUT2D eigenvalue weighted by atomic mass is 32.2. The van der Waals surface area contributed by atoms with Gasteiger partial charge in [0.2, 0.25) is 10.0 Å². The number of benzene rings is 3. The van der Waals surface area contributed by atoms with Gasteiger partial charge in [-0.05, 0) is 55.0 Å². The van der Waals surface area contributed by atoms with Crippen LogP contribution in [0.2, 0.25) is 0 Å². The average molecular weight is 496 g/mol. The lowest BCUT2D eigenvalue weighted by Gasteiger charge is -2.15. The smallest absolute Gasteiger partial charge is 0.419 e. The predicted octanol–water partition coefficient (Wildman–Crippen LogP) is 4.90. The number of amides is 1.